The number of imide groups is 1. The van der Waals surface area contributed by atoms with Gasteiger partial charge in [0.2, 0.25) is 0 Å². The van der Waals surface area contributed by atoms with Crippen LogP contribution < -0.4 is 10.6 Å². The Kier molecular flexibility index (Phi) is 3.54. The highest BCUT2D eigenvalue weighted by molar-refractivity contribution is 6.03. The van der Waals surface area contributed by atoms with Crippen LogP contribution in [0.5, 0.6) is 0 Å². The summed E-state index contributed by atoms with van der Waals surface area (Å²) < 4.78 is 0. The average molecular weight is 292 g/mol. The lowest BCUT2D eigenvalue weighted by atomic mass is 10.1. The van der Waals surface area contributed by atoms with Gasteiger partial charge in [-0.15, -0.1) is 6.58 Å². The van der Waals surface area contributed by atoms with Crippen LogP contribution in [-0.2, 0) is 4.79 Å². The molecule has 0 saturated carbocycles. The van der Waals surface area contributed by atoms with Gasteiger partial charge in [-0.2, -0.15) is 0 Å². The third-order valence-corrected chi connectivity index (χ3v) is 4.06. The summed E-state index contributed by atoms with van der Waals surface area (Å²) in [7, 11) is 1.66. The van der Waals surface area contributed by atoms with Crippen LogP contribution in [0.1, 0.15) is 0 Å². The van der Waals surface area contributed by atoms with Gasteiger partial charge in [-0.05, 0) is 0 Å². The molecule has 0 aromatic heterocycles. The Morgan fingerprint density at radius 2 is 2.10 bits per heavy atom. The number of nitrogens with one attached hydrogen (secondary N) is 2. The summed E-state index contributed by atoms with van der Waals surface area (Å²) in [5.41, 5.74) is 0. The monoisotopic (exact) mass is 292 g/mol. The van der Waals surface area contributed by atoms with Crippen molar-refractivity contribution in [1.29, 1.82) is 0 Å². The summed E-state index contributed by atoms with van der Waals surface area (Å²) >= 11 is 0. The van der Waals surface area contributed by atoms with E-state index in [1.807, 2.05) is 4.90 Å². The maximum atomic E-state index is 12.2. The number of hydrogen-bond donors (Lipinski definition) is 2. The van der Waals surface area contributed by atoms with E-state index in [9.17, 15) is 9.59 Å². The molecule has 0 radical (unpaired) electrons. The minimum atomic E-state index is -0.476. The van der Waals surface area contributed by atoms with Crippen molar-refractivity contribution in [3.05, 3.63) is 12.7 Å². The van der Waals surface area contributed by atoms with Crippen LogP contribution in [0.25, 0.3) is 0 Å². The average Bonchev–Trinajstić information content (AvgIpc) is 2.86. The van der Waals surface area contributed by atoms with Crippen molar-refractivity contribution in [2.24, 2.45) is 4.99 Å². The standard InChI is InChI=1S/C13H20N6O2/c1-3-6-19-9-10(17(2)13(21)16-11(9)20)15-12(19)18-7-4-14-5-8-18/h3,9-10,14H,1,4-8H2,2H3,(H,16,20,21). The molecule has 3 amide bonds. The second-order valence-corrected chi connectivity index (χ2v) is 5.37. The van der Waals surface area contributed by atoms with E-state index < -0.39 is 18.2 Å². The number of urea groups is 1. The Hall–Kier alpha value is -2.09. The number of carbonyl (C=O) groups excluding carboxylic acids is 2. The molecule has 0 aromatic carbocycles. The molecule has 2 N–H and O–H groups in total. The summed E-state index contributed by atoms with van der Waals surface area (Å²) in [6.07, 6.45) is 1.29. The van der Waals surface area contributed by atoms with Gasteiger partial charge < -0.3 is 20.0 Å². The Morgan fingerprint density at radius 3 is 2.76 bits per heavy atom. The highest BCUT2D eigenvalue weighted by Gasteiger charge is 2.49. The van der Waals surface area contributed by atoms with Gasteiger partial charge in [-0.1, -0.05) is 6.08 Å². The Morgan fingerprint density at radius 1 is 1.38 bits per heavy atom. The largest absolute Gasteiger partial charge is 0.340 e. The maximum Gasteiger partial charge on any atom is 0.325 e. The Balaban J connectivity index is 1.91. The van der Waals surface area contributed by atoms with E-state index in [4.69, 9.17) is 0 Å². The molecule has 114 valence electrons. The SMILES string of the molecule is C=CCN1C(N2CCNCC2)=NC2C1C(=O)NC(=O)N2C. The topological polar surface area (TPSA) is 80.3 Å². The van der Waals surface area contributed by atoms with Crippen LogP contribution in [0.3, 0.4) is 0 Å². The molecule has 0 bridgehead atoms. The van der Waals surface area contributed by atoms with E-state index in [0.717, 1.165) is 32.1 Å². The number of likely N-dealkylation sites (N-methyl/N-ethyl adjacent to an activating group) is 1. The van der Waals surface area contributed by atoms with Crippen molar-refractivity contribution >= 4 is 17.9 Å². The predicted octanol–water partition coefficient (Wildman–Crippen LogP) is -1.37. The number of piperazine rings is 1. The fraction of sp³-hybridized carbons (Fsp3) is 0.615. The number of aliphatic imine (C=N–C) groups is 1. The van der Waals surface area contributed by atoms with Crippen LogP contribution in [-0.4, -0.2) is 84.6 Å². The van der Waals surface area contributed by atoms with Crippen LogP contribution in [0.15, 0.2) is 17.6 Å². The molecule has 0 aromatic rings. The predicted molar refractivity (Wildman–Crippen MR) is 77.7 cm³/mol. The lowest BCUT2D eigenvalue weighted by Gasteiger charge is -2.38. The molecular formula is C13H20N6O2. The van der Waals surface area contributed by atoms with Crippen LogP contribution >= 0.6 is 0 Å². The van der Waals surface area contributed by atoms with Crippen molar-refractivity contribution in [3.63, 3.8) is 0 Å². The fourth-order valence-corrected chi connectivity index (χ4v) is 2.97. The maximum absolute atomic E-state index is 12.2. The molecule has 3 aliphatic rings. The number of carbonyl (C=O) groups is 2. The first-order chi connectivity index (χ1) is 10.1. The van der Waals surface area contributed by atoms with E-state index in [1.165, 1.54) is 4.90 Å². The minimum Gasteiger partial charge on any atom is -0.340 e. The third-order valence-electron chi connectivity index (χ3n) is 4.06. The lowest BCUT2D eigenvalue weighted by Crippen LogP contribution is -2.64. The van der Waals surface area contributed by atoms with Gasteiger partial charge in [0, 0.05) is 39.8 Å². The minimum absolute atomic E-state index is 0.293. The van der Waals surface area contributed by atoms with Gasteiger partial charge >= 0.3 is 6.03 Å². The number of guanidine groups is 1. The van der Waals surface area contributed by atoms with Crippen molar-refractivity contribution < 1.29 is 9.59 Å². The van der Waals surface area contributed by atoms with Crippen molar-refractivity contribution in [2.75, 3.05) is 39.8 Å². The molecule has 0 spiro atoms. The normalized spacial score (nSPS) is 29.2. The number of rotatable bonds is 2. The lowest BCUT2D eigenvalue weighted by molar-refractivity contribution is -0.127. The summed E-state index contributed by atoms with van der Waals surface area (Å²) in [6, 6.07) is -0.874. The first-order valence-electron chi connectivity index (χ1n) is 7.12. The number of amides is 3. The molecule has 3 heterocycles. The second kappa shape index (κ2) is 5.36. The third kappa shape index (κ3) is 2.25. The zero-order valence-corrected chi connectivity index (χ0v) is 12.1. The van der Waals surface area contributed by atoms with E-state index in [0.29, 0.717) is 6.54 Å². The molecule has 3 rings (SSSR count). The Labute approximate surface area is 123 Å². The van der Waals surface area contributed by atoms with Crippen molar-refractivity contribution in [1.82, 2.24) is 25.3 Å². The number of fused-ring (bicyclic) bond motifs is 1. The van der Waals surface area contributed by atoms with Gasteiger partial charge in [0.25, 0.3) is 5.91 Å². The fourth-order valence-electron chi connectivity index (χ4n) is 2.97. The van der Waals surface area contributed by atoms with Crippen molar-refractivity contribution in [3.8, 4) is 0 Å². The van der Waals surface area contributed by atoms with Gasteiger partial charge in [-0.25, -0.2) is 9.79 Å². The molecule has 2 saturated heterocycles. The van der Waals surface area contributed by atoms with Crippen molar-refractivity contribution in [2.45, 2.75) is 12.2 Å². The molecule has 8 heteroatoms. The second-order valence-electron chi connectivity index (χ2n) is 5.37. The van der Waals surface area contributed by atoms with E-state index in [1.54, 1.807) is 13.1 Å². The smallest absolute Gasteiger partial charge is 0.325 e. The molecule has 2 atom stereocenters. The van der Waals surface area contributed by atoms with Gasteiger partial charge in [0.1, 0.15) is 0 Å². The summed E-state index contributed by atoms with van der Waals surface area (Å²) in [6.45, 7) is 7.74. The van der Waals surface area contributed by atoms with E-state index in [2.05, 4.69) is 27.1 Å². The number of nitrogens with zero attached hydrogens (tertiary/aromatic N) is 4. The van der Waals surface area contributed by atoms with E-state index >= 15 is 0 Å². The highest BCUT2D eigenvalue weighted by atomic mass is 16.2. The molecule has 0 aliphatic carbocycles. The van der Waals surface area contributed by atoms with Gasteiger partial charge in [-0.3, -0.25) is 10.1 Å². The first kappa shape index (κ1) is 13.9. The quantitative estimate of drug-likeness (QED) is 0.614. The molecule has 8 nitrogen and oxygen atoms in total. The molecule has 2 fully saturated rings. The molecular weight excluding hydrogens is 272 g/mol. The number of hydrogen-bond acceptors (Lipinski definition) is 6. The van der Waals surface area contributed by atoms with Crippen LogP contribution in [0, 0.1) is 0 Å². The highest BCUT2D eigenvalue weighted by Crippen LogP contribution is 2.25. The Bertz CT molecular complexity index is 499. The van der Waals surface area contributed by atoms with E-state index in [-0.39, 0.29) is 5.91 Å². The van der Waals surface area contributed by atoms with Crippen LogP contribution in [0.2, 0.25) is 0 Å². The zero-order valence-electron chi connectivity index (χ0n) is 12.1. The summed E-state index contributed by atoms with van der Waals surface area (Å²) in [5, 5.41) is 5.67. The van der Waals surface area contributed by atoms with Gasteiger partial charge in [0.05, 0.1) is 0 Å². The summed E-state index contributed by atoms with van der Waals surface area (Å²) in [4.78, 5) is 34.2. The molecule has 3 aliphatic heterocycles. The zero-order chi connectivity index (χ0) is 15.0. The molecule has 2 unspecified atom stereocenters. The van der Waals surface area contributed by atoms with Crippen LogP contribution in [0.4, 0.5) is 4.79 Å². The van der Waals surface area contributed by atoms with Gasteiger partial charge in [0.15, 0.2) is 18.2 Å². The summed E-state index contributed by atoms with van der Waals surface area (Å²) in [5.74, 6) is 0.488. The first-order valence-corrected chi connectivity index (χ1v) is 7.12. The molecule has 21 heavy (non-hydrogen) atoms.